The molecule has 0 bridgehead atoms. The normalized spacial score (nSPS) is 12.4. The van der Waals surface area contributed by atoms with Gasteiger partial charge in [-0.25, -0.2) is 0 Å². The Morgan fingerprint density at radius 3 is 2.11 bits per heavy atom. The standard InChI is InChI=1S/C17H18Cl2/c1-13-2-4-14(5-3-13)6-11-17(19)12-15-7-9-16(18)10-8-15/h2-5,7-10,17H,6,11-12H2,1H3. The van der Waals surface area contributed by atoms with Crippen molar-refractivity contribution in [2.45, 2.75) is 31.6 Å². The lowest BCUT2D eigenvalue weighted by Gasteiger charge is -2.10. The first-order valence-corrected chi connectivity index (χ1v) is 7.39. The monoisotopic (exact) mass is 292 g/mol. The van der Waals surface area contributed by atoms with E-state index >= 15 is 0 Å². The Kier molecular flexibility index (Phi) is 5.30. The van der Waals surface area contributed by atoms with Crippen molar-refractivity contribution >= 4 is 23.2 Å². The highest BCUT2D eigenvalue weighted by Gasteiger charge is 2.06. The molecule has 0 saturated carbocycles. The van der Waals surface area contributed by atoms with E-state index < -0.39 is 0 Å². The van der Waals surface area contributed by atoms with Crippen molar-refractivity contribution < 1.29 is 0 Å². The summed E-state index contributed by atoms with van der Waals surface area (Å²) < 4.78 is 0. The average molecular weight is 293 g/mol. The van der Waals surface area contributed by atoms with Crippen LogP contribution in [0.5, 0.6) is 0 Å². The van der Waals surface area contributed by atoms with Crippen LogP contribution in [0.3, 0.4) is 0 Å². The Bertz CT molecular complexity index is 500. The zero-order chi connectivity index (χ0) is 13.7. The lowest BCUT2D eigenvalue weighted by atomic mass is 10.0. The van der Waals surface area contributed by atoms with Gasteiger partial charge in [0.15, 0.2) is 0 Å². The number of benzene rings is 2. The predicted molar refractivity (Wildman–Crippen MR) is 84.3 cm³/mol. The van der Waals surface area contributed by atoms with E-state index in [0.717, 1.165) is 24.3 Å². The Morgan fingerprint density at radius 1 is 0.895 bits per heavy atom. The maximum atomic E-state index is 6.40. The highest BCUT2D eigenvalue weighted by molar-refractivity contribution is 6.30. The van der Waals surface area contributed by atoms with Gasteiger partial charge in [0.2, 0.25) is 0 Å². The zero-order valence-electron chi connectivity index (χ0n) is 11.1. The van der Waals surface area contributed by atoms with E-state index in [0.29, 0.717) is 0 Å². The second kappa shape index (κ2) is 6.98. The topological polar surface area (TPSA) is 0 Å². The van der Waals surface area contributed by atoms with Crippen molar-refractivity contribution in [2.24, 2.45) is 0 Å². The van der Waals surface area contributed by atoms with Crippen LogP contribution in [0.2, 0.25) is 5.02 Å². The van der Waals surface area contributed by atoms with Crippen LogP contribution in [0.15, 0.2) is 48.5 Å². The third-order valence-electron chi connectivity index (χ3n) is 3.24. The van der Waals surface area contributed by atoms with Crippen LogP contribution in [0.1, 0.15) is 23.1 Å². The van der Waals surface area contributed by atoms with Crippen molar-refractivity contribution in [3.05, 3.63) is 70.2 Å². The molecule has 0 aromatic heterocycles. The SMILES string of the molecule is Cc1ccc(CCC(Cl)Cc2ccc(Cl)cc2)cc1. The summed E-state index contributed by atoms with van der Waals surface area (Å²) in [7, 11) is 0. The fourth-order valence-corrected chi connectivity index (χ4v) is 2.47. The summed E-state index contributed by atoms with van der Waals surface area (Å²) in [5.74, 6) is 0. The van der Waals surface area contributed by atoms with Gasteiger partial charge in [0.25, 0.3) is 0 Å². The fourth-order valence-electron chi connectivity index (χ4n) is 2.06. The van der Waals surface area contributed by atoms with Gasteiger partial charge in [0, 0.05) is 10.4 Å². The van der Waals surface area contributed by atoms with Crippen LogP contribution >= 0.6 is 23.2 Å². The molecular weight excluding hydrogens is 275 g/mol. The Labute approximate surface area is 125 Å². The highest BCUT2D eigenvalue weighted by atomic mass is 35.5. The van der Waals surface area contributed by atoms with Crippen LogP contribution in [-0.4, -0.2) is 5.38 Å². The van der Waals surface area contributed by atoms with E-state index in [4.69, 9.17) is 23.2 Å². The molecule has 0 radical (unpaired) electrons. The maximum absolute atomic E-state index is 6.40. The molecule has 2 aromatic rings. The molecule has 0 spiro atoms. The predicted octanol–water partition coefficient (Wildman–Crippen LogP) is 5.43. The van der Waals surface area contributed by atoms with E-state index in [1.165, 1.54) is 16.7 Å². The molecule has 2 rings (SSSR count). The van der Waals surface area contributed by atoms with E-state index in [1.54, 1.807) is 0 Å². The van der Waals surface area contributed by atoms with Gasteiger partial charge in [-0.1, -0.05) is 53.6 Å². The molecule has 0 fully saturated rings. The Hall–Kier alpha value is -0.980. The van der Waals surface area contributed by atoms with Crippen molar-refractivity contribution in [3.63, 3.8) is 0 Å². The summed E-state index contributed by atoms with van der Waals surface area (Å²) in [4.78, 5) is 0. The molecule has 0 aliphatic carbocycles. The molecule has 1 atom stereocenters. The number of hydrogen-bond donors (Lipinski definition) is 0. The fraction of sp³-hybridized carbons (Fsp3) is 0.294. The van der Waals surface area contributed by atoms with Crippen LogP contribution < -0.4 is 0 Å². The van der Waals surface area contributed by atoms with E-state index in [2.05, 4.69) is 31.2 Å². The highest BCUT2D eigenvalue weighted by Crippen LogP contribution is 2.17. The summed E-state index contributed by atoms with van der Waals surface area (Å²) in [5.41, 5.74) is 3.90. The summed E-state index contributed by atoms with van der Waals surface area (Å²) in [6, 6.07) is 16.6. The summed E-state index contributed by atoms with van der Waals surface area (Å²) in [5, 5.41) is 0.942. The molecule has 2 aromatic carbocycles. The first kappa shape index (κ1) is 14.4. The molecule has 0 amide bonds. The van der Waals surface area contributed by atoms with Crippen LogP contribution in [0, 0.1) is 6.92 Å². The molecule has 0 aliphatic heterocycles. The lowest BCUT2D eigenvalue weighted by molar-refractivity contribution is 0.743. The van der Waals surface area contributed by atoms with Gasteiger partial charge in [-0.2, -0.15) is 0 Å². The maximum Gasteiger partial charge on any atom is 0.0406 e. The van der Waals surface area contributed by atoms with Gasteiger partial charge in [-0.15, -0.1) is 11.6 Å². The summed E-state index contributed by atoms with van der Waals surface area (Å²) in [6.07, 6.45) is 2.92. The average Bonchev–Trinajstić information content (AvgIpc) is 2.41. The molecular formula is C17H18Cl2. The largest absolute Gasteiger partial charge is 0.123 e. The van der Waals surface area contributed by atoms with Gasteiger partial charge < -0.3 is 0 Å². The van der Waals surface area contributed by atoms with E-state index in [9.17, 15) is 0 Å². The van der Waals surface area contributed by atoms with Crippen molar-refractivity contribution in [1.29, 1.82) is 0 Å². The van der Waals surface area contributed by atoms with Crippen molar-refractivity contribution in [1.82, 2.24) is 0 Å². The number of alkyl halides is 1. The van der Waals surface area contributed by atoms with Gasteiger partial charge in [-0.05, 0) is 49.4 Å². The first-order valence-electron chi connectivity index (χ1n) is 6.57. The number of halogens is 2. The molecule has 19 heavy (non-hydrogen) atoms. The van der Waals surface area contributed by atoms with E-state index in [-0.39, 0.29) is 5.38 Å². The van der Waals surface area contributed by atoms with Gasteiger partial charge in [-0.3, -0.25) is 0 Å². The van der Waals surface area contributed by atoms with Gasteiger partial charge in [0.05, 0.1) is 0 Å². The number of aryl methyl sites for hydroxylation is 2. The molecule has 0 N–H and O–H groups in total. The third kappa shape index (κ3) is 4.89. The summed E-state index contributed by atoms with van der Waals surface area (Å²) >= 11 is 12.3. The van der Waals surface area contributed by atoms with Crippen LogP contribution in [0.4, 0.5) is 0 Å². The lowest BCUT2D eigenvalue weighted by Crippen LogP contribution is -2.05. The van der Waals surface area contributed by atoms with Crippen LogP contribution in [-0.2, 0) is 12.8 Å². The second-order valence-corrected chi connectivity index (χ2v) is 6.01. The smallest absolute Gasteiger partial charge is 0.0406 e. The molecule has 0 saturated heterocycles. The quantitative estimate of drug-likeness (QED) is 0.645. The number of hydrogen-bond acceptors (Lipinski definition) is 0. The minimum absolute atomic E-state index is 0.169. The molecule has 0 aliphatic rings. The minimum Gasteiger partial charge on any atom is -0.123 e. The van der Waals surface area contributed by atoms with Crippen molar-refractivity contribution in [2.75, 3.05) is 0 Å². The van der Waals surface area contributed by atoms with E-state index in [1.807, 2.05) is 24.3 Å². The zero-order valence-corrected chi connectivity index (χ0v) is 12.6. The van der Waals surface area contributed by atoms with Crippen molar-refractivity contribution in [3.8, 4) is 0 Å². The number of rotatable bonds is 5. The summed E-state index contributed by atoms with van der Waals surface area (Å²) in [6.45, 7) is 2.11. The first-order chi connectivity index (χ1) is 9.13. The molecule has 0 nitrogen and oxygen atoms in total. The van der Waals surface area contributed by atoms with Gasteiger partial charge >= 0.3 is 0 Å². The van der Waals surface area contributed by atoms with Gasteiger partial charge in [0.1, 0.15) is 0 Å². The van der Waals surface area contributed by atoms with Crippen LogP contribution in [0.25, 0.3) is 0 Å². The second-order valence-electron chi connectivity index (χ2n) is 4.95. The molecule has 1 unspecified atom stereocenters. The molecule has 2 heteroatoms. The Morgan fingerprint density at radius 2 is 1.47 bits per heavy atom. The Balaban J connectivity index is 1.82. The minimum atomic E-state index is 0.169. The molecule has 100 valence electrons. The third-order valence-corrected chi connectivity index (χ3v) is 3.86. The molecule has 0 heterocycles.